The zero-order chi connectivity index (χ0) is 24.3. The third-order valence-electron chi connectivity index (χ3n) is 5.71. The van der Waals surface area contributed by atoms with Gasteiger partial charge in [-0.05, 0) is 79.4 Å². The number of thioether (sulfide) groups is 2. The van der Waals surface area contributed by atoms with Gasteiger partial charge in [0.25, 0.3) is 0 Å². The summed E-state index contributed by atoms with van der Waals surface area (Å²) >= 11 is 12.3. The lowest BCUT2D eigenvalue weighted by atomic mass is 9.90. The average Bonchev–Trinajstić information content (AvgIpc) is 2.89. The van der Waals surface area contributed by atoms with Crippen LogP contribution in [0.4, 0.5) is 0 Å². The molecule has 0 unspecified atom stereocenters. The van der Waals surface area contributed by atoms with Gasteiger partial charge in [-0.1, -0.05) is 69.3 Å². The van der Waals surface area contributed by atoms with E-state index in [1.807, 2.05) is 29.6 Å². The van der Waals surface area contributed by atoms with Crippen LogP contribution in [0.3, 0.4) is 0 Å². The second-order valence-corrected chi connectivity index (χ2v) is 14.0. The Bertz CT molecular complexity index is 1010. The van der Waals surface area contributed by atoms with Gasteiger partial charge in [0.05, 0.1) is 11.2 Å². The zero-order valence-corrected chi connectivity index (χ0v) is 25.1. The van der Waals surface area contributed by atoms with Crippen LogP contribution in [0.15, 0.2) is 107 Å². The molecule has 0 saturated heterocycles. The predicted molar refractivity (Wildman–Crippen MR) is 161 cm³/mol. The third-order valence-corrected chi connectivity index (χ3v) is 10.1. The van der Waals surface area contributed by atoms with E-state index in [9.17, 15) is 0 Å². The Hall–Kier alpha value is -0.860. The summed E-state index contributed by atoms with van der Waals surface area (Å²) in [5.74, 6) is 1.48. The molecule has 0 aromatic heterocycles. The van der Waals surface area contributed by atoms with Gasteiger partial charge in [-0.15, -0.1) is 23.5 Å². The average molecular weight is 652 g/mol. The van der Waals surface area contributed by atoms with Crippen molar-refractivity contribution in [1.82, 2.24) is 0 Å². The van der Waals surface area contributed by atoms with Gasteiger partial charge in [0, 0.05) is 42.0 Å². The highest BCUT2D eigenvalue weighted by molar-refractivity contribution is 9.10. The van der Waals surface area contributed by atoms with Gasteiger partial charge < -0.3 is 4.74 Å². The lowest BCUT2D eigenvalue weighted by molar-refractivity contribution is 0.196. The fourth-order valence-corrected chi connectivity index (χ4v) is 7.50. The standard InChI is InChI=1S/C28H29Br2NOS3/c29-22-11-15-24(16-12-22)33-28(34-25-17-13-23(30)14-18-25)19-27(31-35-26-9-5-2-6-10-26)32-20-21-7-3-1-4-8-21/h2,5-6,9-18,21,28H,1,3-4,7-8,19-20H2/b31-27-. The van der Waals surface area contributed by atoms with Crippen LogP contribution in [0, 0.1) is 5.92 Å². The van der Waals surface area contributed by atoms with Crippen LogP contribution >= 0.6 is 67.3 Å². The van der Waals surface area contributed by atoms with Crippen molar-refractivity contribution in [3.8, 4) is 0 Å². The first kappa shape index (κ1) is 27.2. The first-order chi connectivity index (χ1) is 17.1. The molecule has 1 aliphatic carbocycles. The van der Waals surface area contributed by atoms with Gasteiger partial charge >= 0.3 is 0 Å². The Kier molecular flexibility index (Phi) is 11.5. The molecule has 184 valence electrons. The Morgan fingerprint density at radius 3 is 1.91 bits per heavy atom. The van der Waals surface area contributed by atoms with Crippen LogP contribution in [0.1, 0.15) is 38.5 Å². The number of nitrogens with zero attached hydrogens (tertiary/aromatic N) is 1. The third kappa shape index (κ3) is 9.84. The monoisotopic (exact) mass is 649 g/mol. The molecular formula is C28H29Br2NOS3. The smallest absolute Gasteiger partial charge is 0.197 e. The van der Waals surface area contributed by atoms with Crippen LogP contribution in [0.5, 0.6) is 0 Å². The molecule has 0 radical (unpaired) electrons. The maximum absolute atomic E-state index is 6.43. The van der Waals surface area contributed by atoms with Crippen molar-refractivity contribution in [2.75, 3.05) is 6.61 Å². The Balaban J connectivity index is 1.51. The molecule has 0 N–H and O–H groups in total. The Morgan fingerprint density at radius 2 is 1.34 bits per heavy atom. The van der Waals surface area contributed by atoms with Crippen molar-refractivity contribution in [2.45, 2.75) is 57.8 Å². The Labute approximate surface area is 238 Å². The van der Waals surface area contributed by atoms with Crippen molar-refractivity contribution in [3.05, 3.63) is 87.8 Å². The molecule has 1 saturated carbocycles. The number of benzene rings is 3. The molecule has 0 heterocycles. The number of hydrogen-bond acceptors (Lipinski definition) is 5. The van der Waals surface area contributed by atoms with E-state index in [-0.39, 0.29) is 4.58 Å². The molecular weight excluding hydrogens is 622 g/mol. The minimum atomic E-state index is 0.235. The van der Waals surface area contributed by atoms with E-state index in [1.54, 1.807) is 0 Å². The quantitative estimate of drug-likeness (QED) is 0.0715. The highest BCUT2D eigenvalue weighted by atomic mass is 79.9. The molecule has 0 atom stereocenters. The summed E-state index contributed by atoms with van der Waals surface area (Å²) in [6, 6.07) is 27.4. The highest BCUT2D eigenvalue weighted by Crippen LogP contribution is 2.39. The summed E-state index contributed by atoms with van der Waals surface area (Å²) in [6.07, 6.45) is 7.29. The molecule has 7 heteroatoms. The first-order valence-electron chi connectivity index (χ1n) is 11.9. The largest absolute Gasteiger partial charge is 0.480 e. The zero-order valence-electron chi connectivity index (χ0n) is 19.4. The summed E-state index contributed by atoms with van der Waals surface area (Å²) in [6.45, 7) is 0.771. The van der Waals surface area contributed by atoms with E-state index < -0.39 is 0 Å². The van der Waals surface area contributed by atoms with E-state index in [1.165, 1.54) is 53.8 Å². The molecule has 1 fully saturated rings. The summed E-state index contributed by atoms with van der Waals surface area (Å²) in [4.78, 5) is 3.61. The van der Waals surface area contributed by atoms with Gasteiger partial charge in [-0.25, -0.2) is 0 Å². The van der Waals surface area contributed by atoms with Crippen molar-refractivity contribution in [3.63, 3.8) is 0 Å². The van der Waals surface area contributed by atoms with Gasteiger partial charge in [0.2, 0.25) is 0 Å². The number of halogens is 2. The maximum Gasteiger partial charge on any atom is 0.197 e. The van der Waals surface area contributed by atoms with Gasteiger partial charge in [0.15, 0.2) is 5.90 Å². The minimum absolute atomic E-state index is 0.235. The molecule has 2 nitrogen and oxygen atoms in total. The van der Waals surface area contributed by atoms with E-state index in [4.69, 9.17) is 9.13 Å². The number of hydrogen-bond donors (Lipinski definition) is 0. The lowest BCUT2D eigenvalue weighted by Crippen LogP contribution is -2.18. The van der Waals surface area contributed by atoms with Gasteiger partial charge in [-0.3, -0.25) is 0 Å². The second-order valence-electron chi connectivity index (χ2n) is 8.48. The van der Waals surface area contributed by atoms with Crippen molar-refractivity contribution < 1.29 is 4.74 Å². The molecule has 0 aliphatic heterocycles. The van der Waals surface area contributed by atoms with Gasteiger partial charge in [0.1, 0.15) is 0 Å². The molecule has 3 aromatic carbocycles. The predicted octanol–water partition coefficient (Wildman–Crippen LogP) is 10.5. The molecule has 0 spiro atoms. The van der Waals surface area contributed by atoms with E-state index in [0.717, 1.165) is 32.8 Å². The number of ether oxygens (including phenoxy) is 1. The minimum Gasteiger partial charge on any atom is -0.480 e. The lowest BCUT2D eigenvalue weighted by Gasteiger charge is -2.23. The summed E-state index contributed by atoms with van der Waals surface area (Å²) in [5.41, 5.74) is 0. The number of rotatable bonds is 10. The van der Waals surface area contributed by atoms with Crippen molar-refractivity contribution in [1.29, 1.82) is 0 Å². The van der Waals surface area contributed by atoms with Crippen LogP contribution in [0.2, 0.25) is 0 Å². The summed E-state index contributed by atoms with van der Waals surface area (Å²) in [7, 11) is 0. The molecule has 0 bridgehead atoms. The molecule has 4 rings (SSSR count). The van der Waals surface area contributed by atoms with E-state index >= 15 is 0 Å². The first-order valence-corrected chi connectivity index (χ1v) is 16.0. The SMILES string of the molecule is Brc1ccc(SC(C/C(=N/Sc2ccccc2)OCC2CCCCC2)Sc2ccc(Br)cc2)cc1. The summed E-state index contributed by atoms with van der Waals surface area (Å²) in [5, 5.41) is 0. The van der Waals surface area contributed by atoms with E-state index in [2.05, 4.69) is 105 Å². The van der Waals surface area contributed by atoms with Crippen molar-refractivity contribution >= 4 is 73.2 Å². The molecule has 1 aliphatic rings. The van der Waals surface area contributed by atoms with Gasteiger partial charge in [-0.2, -0.15) is 4.40 Å². The Morgan fingerprint density at radius 1 is 0.771 bits per heavy atom. The van der Waals surface area contributed by atoms with Crippen LogP contribution in [0.25, 0.3) is 0 Å². The normalized spacial score (nSPS) is 14.9. The van der Waals surface area contributed by atoms with E-state index in [0.29, 0.717) is 5.92 Å². The topological polar surface area (TPSA) is 21.6 Å². The van der Waals surface area contributed by atoms with Crippen LogP contribution in [-0.4, -0.2) is 17.1 Å². The highest BCUT2D eigenvalue weighted by Gasteiger charge is 2.20. The molecule has 0 amide bonds. The maximum atomic E-state index is 6.43. The van der Waals surface area contributed by atoms with Crippen LogP contribution in [-0.2, 0) is 4.74 Å². The fraction of sp³-hybridized carbons (Fsp3) is 0.321. The van der Waals surface area contributed by atoms with Crippen LogP contribution < -0.4 is 0 Å². The summed E-state index contributed by atoms with van der Waals surface area (Å²) < 4.78 is 13.8. The molecule has 35 heavy (non-hydrogen) atoms. The van der Waals surface area contributed by atoms with Crippen molar-refractivity contribution in [2.24, 2.45) is 10.3 Å². The fourth-order valence-electron chi connectivity index (χ4n) is 3.86. The second kappa shape index (κ2) is 14.8. The molecule has 3 aromatic rings.